The van der Waals surface area contributed by atoms with Crippen LogP contribution in [0, 0.1) is 0 Å². The summed E-state index contributed by atoms with van der Waals surface area (Å²) in [6, 6.07) is 20.3. The van der Waals surface area contributed by atoms with Gasteiger partial charge in [-0.25, -0.2) is 0 Å². The van der Waals surface area contributed by atoms with Gasteiger partial charge in [-0.3, -0.25) is 4.90 Å². The van der Waals surface area contributed by atoms with Crippen molar-refractivity contribution in [3.8, 4) is 0 Å². The molecule has 2 aromatic rings. The van der Waals surface area contributed by atoms with E-state index in [1.807, 2.05) is 48.5 Å². The van der Waals surface area contributed by atoms with Gasteiger partial charge in [0.15, 0.2) is 0 Å². The van der Waals surface area contributed by atoms with Crippen LogP contribution in [0.3, 0.4) is 0 Å². The van der Waals surface area contributed by atoms with Gasteiger partial charge in [0.1, 0.15) is 0 Å². The fraction of sp³-hybridized carbons (Fsp3) is 0.400. The van der Waals surface area contributed by atoms with Gasteiger partial charge in [-0.2, -0.15) is 0 Å². The molecule has 2 rings (SSSR count). The molecule has 4 nitrogen and oxygen atoms in total. The second-order valence-electron chi connectivity index (χ2n) is 5.87. The highest BCUT2D eigenvalue weighted by Crippen LogP contribution is 2.06. The summed E-state index contributed by atoms with van der Waals surface area (Å²) >= 11 is 0. The normalized spacial score (nSPS) is 12.5. The molecule has 1 N–H and O–H groups in total. The van der Waals surface area contributed by atoms with Crippen LogP contribution in [0.4, 0.5) is 0 Å². The minimum atomic E-state index is -0.519. The van der Waals surface area contributed by atoms with Gasteiger partial charge in [0.05, 0.1) is 25.9 Å². The van der Waals surface area contributed by atoms with E-state index in [4.69, 9.17) is 9.47 Å². The van der Waals surface area contributed by atoms with E-state index in [0.29, 0.717) is 26.4 Å². The molecule has 24 heavy (non-hydrogen) atoms. The third-order valence-corrected chi connectivity index (χ3v) is 3.75. The summed E-state index contributed by atoms with van der Waals surface area (Å²) in [4.78, 5) is 2.19. The largest absolute Gasteiger partial charge is 0.389 e. The number of aliphatic hydroxyl groups is 1. The van der Waals surface area contributed by atoms with E-state index in [1.165, 1.54) is 5.56 Å². The molecule has 0 aromatic heterocycles. The lowest BCUT2D eigenvalue weighted by Crippen LogP contribution is -2.36. The monoisotopic (exact) mass is 329 g/mol. The predicted molar refractivity (Wildman–Crippen MR) is 95.7 cm³/mol. The van der Waals surface area contributed by atoms with Crippen LogP contribution in [-0.4, -0.2) is 49.5 Å². The van der Waals surface area contributed by atoms with Crippen LogP contribution in [0.15, 0.2) is 60.7 Å². The van der Waals surface area contributed by atoms with Crippen LogP contribution in [0.2, 0.25) is 0 Å². The lowest BCUT2D eigenvalue weighted by molar-refractivity contribution is 0.00480. The number of aliphatic hydroxyl groups excluding tert-OH is 1. The fourth-order valence-electron chi connectivity index (χ4n) is 2.53. The van der Waals surface area contributed by atoms with Crippen LogP contribution < -0.4 is 0 Å². The van der Waals surface area contributed by atoms with Gasteiger partial charge in [-0.1, -0.05) is 60.7 Å². The predicted octanol–water partition coefficient (Wildman–Crippen LogP) is 2.71. The van der Waals surface area contributed by atoms with Gasteiger partial charge < -0.3 is 14.6 Å². The Labute approximate surface area is 144 Å². The smallest absolute Gasteiger partial charge is 0.0900 e. The van der Waals surface area contributed by atoms with E-state index in [9.17, 15) is 5.11 Å². The maximum Gasteiger partial charge on any atom is 0.0900 e. The summed E-state index contributed by atoms with van der Waals surface area (Å²) in [5.74, 6) is 0. The van der Waals surface area contributed by atoms with Crippen molar-refractivity contribution in [2.75, 3.05) is 33.4 Å². The molecule has 0 fully saturated rings. The molecular weight excluding hydrogens is 302 g/mol. The van der Waals surface area contributed by atoms with E-state index >= 15 is 0 Å². The van der Waals surface area contributed by atoms with E-state index in [0.717, 1.165) is 18.7 Å². The molecule has 0 radical (unpaired) electrons. The first kappa shape index (κ1) is 18.6. The number of ether oxygens (including phenoxy) is 2. The van der Waals surface area contributed by atoms with E-state index < -0.39 is 6.10 Å². The maximum atomic E-state index is 10.3. The molecular formula is C20H27NO3. The van der Waals surface area contributed by atoms with E-state index in [2.05, 4.69) is 17.0 Å². The van der Waals surface area contributed by atoms with Crippen molar-refractivity contribution >= 4 is 0 Å². The third-order valence-electron chi connectivity index (χ3n) is 3.75. The third kappa shape index (κ3) is 7.23. The minimum Gasteiger partial charge on any atom is -0.389 e. The minimum absolute atomic E-state index is 0.327. The van der Waals surface area contributed by atoms with Crippen LogP contribution in [0.25, 0.3) is 0 Å². The lowest BCUT2D eigenvalue weighted by atomic mass is 10.2. The molecule has 1 unspecified atom stereocenters. The number of methoxy groups -OCH3 is 1. The summed E-state index contributed by atoms with van der Waals surface area (Å²) in [7, 11) is 1.69. The highest BCUT2D eigenvalue weighted by Gasteiger charge is 2.12. The first-order chi connectivity index (χ1) is 11.8. The topological polar surface area (TPSA) is 41.9 Å². The Hall–Kier alpha value is -1.72. The van der Waals surface area contributed by atoms with Crippen molar-refractivity contribution < 1.29 is 14.6 Å². The molecule has 0 bridgehead atoms. The first-order valence-corrected chi connectivity index (χ1v) is 8.33. The molecule has 0 spiro atoms. The van der Waals surface area contributed by atoms with Crippen molar-refractivity contribution in [3.63, 3.8) is 0 Å². The zero-order valence-corrected chi connectivity index (χ0v) is 14.3. The molecule has 130 valence electrons. The van der Waals surface area contributed by atoms with Gasteiger partial charge in [0.25, 0.3) is 0 Å². The SMILES string of the molecule is COCCN(Cc1ccccc1)CC(O)COCc1ccccc1. The van der Waals surface area contributed by atoms with Gasteiger partial charge in [-0.05, 0) is 11.1 Å². The Kier molecular flexibility index (Phi) is 8.49. The molecule has 0 aliphatic heterocycles. The fourth-order valence-corrected chi connectivity index (χ4v) is 2.53. The molecule has 0 saturated heterocycles. The maximum absolute atomic E-state index is 10.3. The van der Waals surface area contributed by atoms with Crippen LogP contribution in [0.1, 0.15) is 11.1 Å². The van der Waals surface area contributed by atoms with Crippen molar-refractivity contribution in [2.24, 2.45) is 0 Å². The van der Waals surface area contributed by atoms with Crippen LogP contribution >= 0.6 is 0 Å². The first-order valence-electron chi connectivity index (χ1n) is 8.33. The number of hydrogen-bond donors (Lipinski definition) is 1. The zero-order chi connectivity index (χ0) is 17.0. The molecule has 0 aliphatic rings. The van der Waals surface area contributed by atoms with Crippen molar-refractivity contribution in [3.05, 3.63) is 71.8 Å². The molecule has 1 atom stereocenters. The Morgan fingerprint density at radius 3 is 2.21 bits per heavy atom. The Bertz CT molecular complexity index is 547. The van der Waals surface area contributed by atoms with Crippen molar-refractivity contribution in [2.45, 2.75) is 19.3 Å². The summed E-state index contributed by atoms with van der Waals surface area (Å²) in [5, 5.41) is 10.3. The lowest BCUT2D eigenvalue weighted by Gasteiger charge is -2.25. The second kappa shape index (κ2) is 10.9. The summed E-state index contributed by atoms with van der Waals surface area (Å²) in [5.41, 5.74) is 2.34. The summed E-state index contributed by atoms with van der Waals surface area (Å²) in [6.07, 6.45) is -0.519. The number of rotatable bonds is 11. The van der Waals surface area contributed by atoms with E-state index in [1.54, 1.807) is 7.11 Å². The molecule has 0 amide bonds. The second-order valence-corrected chi connectivity index (χ2v) is 5.87. The standard InChI is InChI=1S/C20H27NO3/c1-23-13-12-21(14-18-8-4-2-5-9-18)15-20(22)17-24-16-19-10-6-3-7-11-19/h2-11,20,22H,12-17H2,1H3. The Balaban J connectivity index is 1.77. The van der Waals surface area contributed by atoms with Crippen molar-refractivity contribution in [1.29, 1.82) is 0 Å². The van der Waals surface area contributed by atoms with Gasteiger partial charge in [-0.15, -0.1) is 0 Å². The van der Waals surface area contributed by atoms with Crippen LogP contribution in [0.5, 0.6) is 0 Å². The van der Waals surface area contributed by atoms with E-state index in [-0.39, 0.29) is 0 Å². The van der Waals surface area contributed by atoms with Crippen LogP contribution in [-0.2, 0) is 22.6 Å². The highest BCUT2D eigenvalue weighted by atomic mass is 16.5. The van der Waals surface area contributed by atoms with Crippen molar-refractivity contribution in [1.82, 2.24) is 4.90 Å². The van der Waals surface area contributed by atoms with Gasteiger partial charge in [0, 0.05) is 26.7 Å². The quantitative estimate of drug-likeness (QED) is 0.688. The molecule has 0 aliphatic carbocycles. The highest BCUT2D eigenvalue weighted by molar-refractivity contribution is 5.14. The Morgan fingerprint density at radius 2 is 1.58 bits per heavy atom. The number of nitrogens with zero attached hydrogens (tertiary/aromatic N) is 1. The Morgan fingerprint density at radius 1 is 0.958 bits per heavy atom. The van der Waals surface area contributed by atoms with Gasteiger partial charge in [0.2, 0.25) is 0 Å². The van der Waals surface area contributed by atoms with Gasteiger partial charge >= 0.3 is 0 Å². The molecule has 4 heteroatoms. The molecule has 2 aromatic carbocycles. The number of hydrogen-bond acceptors (Lipinski definition) is 4. The number of benzene rings is 2. The summed E-state index contributed by atoms with van der Waals surface area (Å²) in [6.45, 7) is 3.63. The molecule has 0 saturated carbocycles. The average Bonchev–Trinajstić information content (AvgIpc) is 2.61. The zero-order valence-electron chi connectivity index (χ0n) is 14.3. The average molecular weight is 329 g/mol. The summed E-state index contributed by atoms with van der Waals surface area (Å²) < 4.78 is 10.8. The molecule has 0 heterocycles.